The molecular formula is C17H23FN4O. The van der Waals surface area contributed by atoms with Crippen LogP contribution in [0.2, 0.25) is 0 Å². The quantitative estimate of drug-likeness (QED) is 0.608. The lowest BCUT2D eigenvalue weighted by Crippen LogP contribution is -2.38. The van der Waals surface area contributed by atoms with Crippen molar-refractivity contribution in [3.8, 4) is 0 Å². The summed E-state index contributed by atoms with van der Waals surface area (Å²) in [6, 6.07) is 8.55. The van der Waals surface area contributed by atoms with Gasteiger partial charge in [-0.05, 0) is 37.5 Å². The van der Waals surface area contributed by atoms with Gasteiger partial charge in [-0.25, -0.2) is 9.38 Å². The lowest BCUT2D eigenvalue weighted by molar-refractivity contribution is 0.379. The highest BCUT2D eigenvalue weighted by molar-refractivity contribution is 5.79. The fraction of sp³-hybridized carbons (Fsp3) is 0.412. The van der Waals surface area contributed by atoms with E-state index in [1.54, 1.807) is 12.1 Å². The molecule has 2 N–H and O–H groups in total. The number of hydrogen-bond donors (Lipinski definition) is 2. The third-order valence-corrected chi connectivity index (χ3v) is 3.30. The SMILES string of the molecule is CCNC(=NCc1cc(CC)no1)NCCc1cccc(F)c1. The topological polar surface area (TPSA) is 62.5 Å². The molecule has 5 nitrogen and oxygen atoms in total. The molecule has 0 bridgehead atoms. The second kappa shape index (κ2) is 8.92. The molecule has 0 aliphatic carbocycles. The van der Waals surface area contributed by atoms with Gasteiger partial charge in [-0.1, -0.05) is 24.2 Å². The normalized spacial score (nSPS) is 11.5. The molecule has 1 aromatic heterocycles. The van der Waals surface area contributed by atoms with Crippen molar-refractivity contribution >= 4 is 5.96 Å². The van der Waals surface area contributed by atoms with Gasteiger partial charge in [0, 0.05) is 19.2 Å². The summed E-state index contributed by atoms with van der Waals surface area (Å²) < 4.78 is 18.4. The Kier molecular flexibility index (Phi) is 6.59. The van der Waals surface area contributed by atoms with Gasteiger partial charge in [-0.15, -0.1) is 0 Å². The first-order valence-corrected chi connectivity index (χ1v) is 7.92. The van der Waals surface area contributed by atoms with Crippen molar-refractivity contribution in [1.29, 1.82) is 0 Å². The first kappa shape index (κ1) is 17.0. The zero-order valence-electron chi connectivity index (χ0n) is 13.6. The first-order chi connectivity index (χ1) is 11.2. The molecule has 0 fully saturated rings. The zero-order valence-corrected chi connectivity index (χ0v) is 13.6. The Morgan fingerprint density at radius 1 is 1.26 bits per heavy atom. The molecule has 0 unspecified atom stereocenters. The van der Waals surface area contributed by atoms with E-state index in [1.165, 1.54) is 6.07 Å². The highest BCUT2D eigenvalue weighted by atomic mass is 19.1. The molecule has 0 aliphatic rings. The Bertz CT molecular complexity index is 639. The van der Waals surface area contributed by atoms with Crippen molar-refractivity contribution in [3.05, 3.63) is 53.2 Å². The number of hydrogen-bond acceptors (Lipinski definition) is 3. The summed E-state index contributed by atoms with van der Waals surface area (Å²) in [5.74, 6) is 1.24. The van der Waals surface area contributed by atoms with E-state index < -0.39 is 0 Å². The summed E-state index contributed by atoms with van der Waals surface area (Å²) in [6.07, 6.45) is 1.57. The maximum Gasteiger partial charge on any atom is 0.191 e. The van der Waals surface area contributed by atoms with Crippen LogP contribution in [0.15, 0.2) is 39.8 Å². The molecule has 0 amide bonds. The minimum atomic E-state index is -0.208. The summed E-state index contributed by atoms with van der Waals surface area (Å²) in [4.78, 5) is 4.47. The molecule has 0 spiro atoms. The molecular weight excluding hydrogens is 295 g/mol. The molecule has 0 saturated carbocycles. The standard InChI is InChI=1S/C17H23FN4O/c1-3-15-11-16(23-22-15)12-21-17(19-4-2)20-9-8-13-6-5-7-14(18)10-13/h5-7,10-11H,3-4,8-9,12H2,1-2H3,(H2,19,20,21). The summed E-state index contributed by atoms with van der Waals surface area (Å²) in [7, 11) is 0. The minimum absolute atomic E-state index is 0.208. The van der Waals surface area contributed by atoms with Gasteiger partial charge in [0.15, 0.2) is 11.7 Å². The van der Waals surface area contributed by atoms with Crippen LogP contribution >= 0.6 is 0 Å². The summed E-state index contributed by atoms with van der Waals surface area (Å²) in [5, 5.41) is 10.4. The van der Waals surface area contributed by atoms with Crippen LogP contribution in [0.25, 0.3) is 0 Å². The van der Waals surface area contributed by atoms with Crippen molar-refractivity contribution in [3.63, 3.8) is 0 Å². The van der Waals surface area contributed by atoms with Crippen LogP contribution in [0, 0.1) is 5.82 Å². The molecule has 1 heterocycles. The maximum atomic E-state index is 13.1. The van der Waals surface area contributed by atoms with Crippen LogP contribution in [0.1, 0.15) is 30.9 Å². The van der Waals surface area contributed by atoms with Crippen molar-refractivity contribution in [1.82, 2.24) is 15.8 Å². The van der Waals surface area contributed by atoms with Gasteiger partial charge in [0.05, 0.1) is 5.69 Å². The Morgan fingerprint density at radius 3 is 2.83 bits per heavy atom. The number of aliphatic imine (C=N–C) groups is 1. The predicted molar refractivity (Wildman–Crippen MR) is 88.8 cm³/mol. The number of halogens is 1. The van der Waals surface area contributed by atoms with Crippen LogP contribution in [-0.4, -0.2) is 24.2 Å². The van der Waals surface area contributed by atoms with Gasteiger partial charge in [-0.3, -0.25) is 0 Å². The van der Waals surface area contributed by atoms with E-state index in [9.17, 15) is 4.39 Å². The third kappa shape index (κ3) is 5.73. The van der Waals surface area contributed by atoms with Crippen LogP contribution in [0.3, 0.4) is 0 Å². The van der Waals surface area contributed by atoms with E-state index >= 15 is 0 Å². The second-order valence-electron chi connectivity index (χ2n) is 5.14. The second-order valence-corrected chi connectivity index (χ2v) is 5.14. The summed E-state index contributed by atoms with van der Waals surface area (Å²) >= 11 is 0. The summed E-state index contributed by atoms with van der Waals surface area (Å²) in [5.41, 5.74) is 1.88. The number of benzene rings is 1. The fourth-order valence-corrected chi connectivity index (χ4v) is 2.11. The van der Waals surface area contributed by atoms with Gasteiger partial charge in [0.1, 0.15) is 12.4 Å². The molecule has 6 heteroatoms. The van der Waals surface area contributed by atoms with Crippen LogP contribution in [0.5, 0.6) is 0 Å². The maximum absolute atomic E-state index is 13.1. The van der Waals surface area contributed by atoms with Crippen LogP contribution in [0.4, 0.5) is 4.39 Å². The number of nitrogens with one attached hydrogen (secondary N) is 2. The number of nitrogens with zero attached hydrogens (tertiary/aromatic N) is 2. The fourth-order valence-electron chi connectivity index (χ4n) is 2.11. The molecule has 0 saturated heterocycles. The molecule has 0 aliphatic heterocycles. The third-order valence-electron chi connectivity index (χ3n) is 3.30. The van der Waals surface area contributed by atoms with Gasteiger partial charge < -0.3 is 15.2 Å². The van der Waals surface area contributed by atoms with E-state index in [0.29, 0.717) is 19.0 Å². The lowest BCUT2D eigenvalue weighted by atomic mass is 10.1. The average Bonchev–Trinajstić information content (AvgIpc) is 3.01. The monoisotopic (exact) mass is 318 g/mol. The van der Waals surface area contributed by atoms with Gasteiger partial charge in [0.25, 0.3) is 0 Å². The number of rotatable bonds is 7. The van der Waals surface area contributed by atoms with E-state index in [0.717, 1.165) is 36.4 Å². The summed E-state index contributed by atoms with van der Waals surface area (Å²) in [6.45, 7) is 5.91. The Labute approximate surface area is 136 Å². The Balaban J connectivity index is 1.86. The smallest absolute Gasteiger partial charge is 0.191 e. The van der Waals surface area contributed by atoms with E-state index in [1.807, 2.05) is 26.0 Å². The number of guanidine groups is 1. The molecule has 2 rings (SSSR count). The largest absolute Gasteiger partial charge is 0.359 e. The minimum Gasteiger partial charge on any atom is -0.359 e. The van der Waals surface area contributed by atoms with E-state index in [-0.39, 0.29) is 5.82 Å². The van der Waals surface area contributed by atoms with Crippen LogP contribution < -0.4 is 10.6 Å². The zero-order chi connectivity index (χ0) is 16.5. The van der Waals surface area contributed by atoms with Crippen molar-refractivity contribution in [2.75, 3.05) is 13.1 Å². The molecule has 0 atom stereocenters. The molecule has 2 aromatic rings. The molecule has 0 radical (unpaired) electrons. The Morgan fingerprint density at radius 2 is 2.13 bits per heavy atom. The van der Waals surface area contributed by atoms with E-state index in [4.69, 9.17) is 4.52 Å². The van der Waals surface area contributed by atoms with Crippen molar-refractivity contribution in [2.45, 2.75) is 33.2 Å². The van der Waals surface area contributed by atoms with E-state index in [2.05, 4.69) is 20.8 Å². The van der Waals surface area contributed by atoms with Crippen molar-refractivity contribution < 1.29 is 8.91 Å². The highest BCUT2D eigenvalue weighted by Crippen LogP contribution is 2.06. The number of aryl methyl sites for hydroxylation is 1. The van der Waals surface area contributed by atoms with Gasteiger partial charge in [0.2, 0.25) is 0 Å². The molecule has 23 heavy (non-hydrogen) atoms. The first-order valence-electron chi connectivity index (χ1n) is 7.92. The highest BCUT2D eigenvalue weighted by Gasteiger charge is 2.03. The lowest BCUT2D eigenvalue weighted by Gasteiger charge is -2.10. The predicted octanol–water partition coefficient (Wildman–Crippen LogP) is 2.67. The molecule has 124 valence electrons. The van der Waals surface area contributed by atoms with Gasteiger partial charge in [-0.2, -0.15) is 0 Å². The van der Waals surface area contributed by atoms with Gasteiger partial charge >= 0.3 is 0 Å². The number of aromatic nitrogens is 1. The Hall–Kier alpha value is -2.37. The van der Waals surface area contributed by atoms with Crippen molar-refractivity contribution in [2.24, 2.45) is 4.99 Å². The van der Waals surface area contributed by atoms with Crippen LogP contribution in [-0.2, 0) is 19.4 Å². The average molecular weight is 318 g/mol. The molecule has 1 aromatic carbocycles.